The maximum absolute atomic E-state index is 6.98. The molecule has 0 N–H and O–H groups in total. The van der Waals surface area contributed by atoms with Crippen LogP contribution in [0.1, 0.15) is 19.5 Å². The molecule has 2 aliphatic heterocycles. The lowest BCUT2D eigenvalue weighted by Gasteiger charge is -2.21. The normalized spacial score (nSPS) is 14.4. The molecular weight excluding hydrogens is 406 g/mol. The van der Waals surface area contributed by atoms with Gasteiger partial charge in [-0.3, -0.25) is 0 Å². The molecule has 7 heteroatoms. The molecule has 0 atom stereocenters. The molecule has 0 fully saturated rings. The summed E-state index contributed by atoms with van der Waals surface area (Å²) in [6.07, 6.45) is 8.94. The smallest absolute Gasteiger partial charge is 0.349 e. The summed E-state index contributed by atoms with van der Waals surface area (Å²) in [4.78, 5) is 5.19. The molecule has 2 aliphatic rings. The Morgan fingerprint density at radius 1 is 0.481 bits per heavy atom. The molecule has 128 valence electrons. The fraction of sp³-hybridized carbons (Fsp3) is 0. The highest BCUT2D eigenvalue weighted by atomic mass is 32.1. The largest absolute Gasteiger partial charge is 0.483 e. The average molecular weight is 418 g/mol. The second kappa shape index (κ2) is 6.47. The summed E-state index contributed by atoms with van der Waals surface area (Å²) in [6.45, 7) is -0.0998. The van der Waals surface area contributed by atoms with Crippen molar-refractivity contribution < 1.29 is 4.57 Å². The maximum atomic E-state index is 6.98. The van der Waals surface area contributed by atoms with E-state index < -0.39 is 0 Å². The highest BCUT2D eigenvalue weighted by molar-refractivity contribution is 7.17. The Balaban J connectivity index is 1.51. The van der Waals surface area contributed by atoms with Gasteiger partial charge in [0.15, 0.2) is 0 Å². The summed E-state index contributed by atoms with van der Waals surface area (Å²) < 4.78 is 6.98. The van der Waals surface area contributed by atoms with Gasteiger partial charge in [0.25, 0.3) is 0 Å². The van der Waals surface area contributed by atoms with Crippen LogP contribution in [0.25, 0.3) is 24.3 Å². The minimum absolute atomic E-state index is 0.0499. The van der Waals surface area contributed by atoms with Crippen molar-refractivity contribution in [3.63, 3.8) is 0 Å². The third kappa shape index (κ3) is 2.61. The fourth-order valence-corrected chi connectivity index (χ4v) is 7.07. The van der Waals surface area contributed by atoms with Crippen LogP contribution in [-0.2, 0) is 4.57 Å². The Hall–Kier alpha value is -1.63. The van der Waals surface area contributed by atoms with Crippen molar-refractivity contribution in [1.29, 1.82) is 0 Å². The van der Waals surface area contributed by atoms with Crippen molar-refractivity contribution in [2.45, 2.75) is 0 Å². The summed E-state index contributed by atoms with van der Waals surface area (Å²) in [7, 11) is 0. The highest BCUT2D eigenvalue weighted by Gasteiger charge is 2.37. The summed E-state index contributed by atoms with van der Waals surface area (Å²) in [5, 5.41) is 8.68. The van der Waals surface area contributed by atoms with Crippen LogP contribution in [0, 0.1) is 0 Å². The third-order valence-corrected chi connectivity index (χ3v) is 8.67. The molecule has 0 aromatic carbocycles. The van der Waals surface area contributed by atoms with Crippen LogP contribution >= 0.6 is 45.3 Å². The first-order valence-electron chi connectivity index (χ1n) is 8.69. The van der Waals surface area contributed by atoms with Crippen LogP contribution in [0.15, 0.2) is 45.8 Å². The van der Waals surface area contributed by atoms with E-state index in [1.165, 1.54) is 41.4 Å². The van der Waals surface area contributed by atoms with E-state index in [0.717, 1.165) is 0 Å². The summed E-state index contributed by atoms with van der Waals surface area (Å²) in [5.41, 5.74) is 5.11. The van der Waals surface area contributed by atoms with Gasteiger partial charge in [-0.05, 0) is 67.7 Å². The van der Waals surface area contributed by atoms with Gasteiger partial charge in [0.05, 0.1) is 0 Å². The predicted molar refractivity (Wildman–Crippen MR) is 126 cm³/mol. The molecule has 4 aromatic heterocycles. The van der Waals surface area contributed by atoms with E-state index in [-0.39, 0.29) is 13.8 Å². The van der Waals surface area contributed by atoms with Crippen molar-refractivity contribution >= 4 is 105 Å². The second-order valence-electron chi connectivity index (χ2n) is 6.52. The molecule has 4 aromatic rings. The Labute approximate surface area is 174 Å². The molecule has 0 aliphatic carbocycles. The monoisotopic (exact) mass is 418 g/mol. The van der Waals surface area contributed by atoms with Crippen molar-refractivity contribution in [1.82, 2.24) is 0 Å². The quantitative estimate of drug-likeness (QED) is 0.450. The molecule has 1 nitrogen and oxygen atoms in total. The van der Waals surface area contributed by atoms with E-state index >= 15 is 0 Å². The summed E-state index contributed by atoms with van der Waals surface area (Å²) in [5.74, 6) is 0. The van der Waals surface area contributed by atoms with E-state index in [1.807, 2.05) is 0 Å². The molecule has 0 saturated heterocycles. The van der Waals surface area contributed by atoms with Gasteiger partial charge in [0, 0.05) is 19.5 Å². The molecular formula is C20H12B2OS4. The van der Waals surface area contributed by atoms with Crippen LogP contribution in [0.4, 0.5) is 0 Å². The molecule has 6 rings (SSSR count). The van der Waals surface area contributed by atoms with E-state index in [0.29, 0.717) is 0 Å². The molecule has 0 saturated carbocycles. The zero-order valence-electron chi connectivity index (χ0n) is 14.1. The van der Waals surface area contributed by atoms with Gasteiger partial charge in [-0.2, -0.15) is 0 Å². The molecule has 0 radical (unpaired) electrons. The second-order valence-corrected chi connectivity index (χ2v) is 10.3. The molecule has 0 spiro atoms. The molecule has 0 amide bonds. The fourth-order valence-electron chi connectivity index (χ4n) is 3.80. The van der Waals surface area contributed by atoms with Gasteiger partial charge < -0.3 is 4.57 Å². The van der Waals surface area contributed by atoms with Gasteiger partial charge in [0.1, 0.15) is 0 Å². The first kappa shape index (κ1) is 16.3. The number of hydrogen-bond donors (Lipinski definition) is 0. The van der Waals surface area contributed by atoms with Crippen LogP contribution in [0.5, 0.6) is 0 Å². The lowest BCUT2D eigenvalue weighted by atomic mass is 9.48. The number of fused-ring (bicyclic) bond motifs is 4. The minimum Gasteiger partial charge on any atom is -0.483 e. The number of hydrogen-bond acceptors (Lipinski definition) is 5. The van der Waals surface area contributed by atoms with Crippen molar-refractivity contribution in [2.24, 2.45) is 0 Å². The zero-order chi connectivity index (χ0) is 17.8. The van der Waals surface area contributed by atoms with Gasteiger partial charge in [-0.25, -0.2) is 0 Å². The Morgan fingerprint density at radius 3 is 1.07 bits per heavy atom. The van der Waals surface area contributed by atoms with Crippen LogP contribution in [0.2, 0.25) is 0 Å². The Kier molecular flexibility index (Phi) is 3.91. The van der Waals surface area contributed by atoms with Crippen LogP contribution in [-0.4, -0.2) is 13.8 Å². The molecule has 0 unspecified atom stereocenters. The van der Waals surface area contributed by atoms with E-state index in [2.05, 4.69) is 70.1 Å². The lowest BCUT2D eigenvalue weighted by molar-refractivity contribution is 0.634. The average Bonchev–Trinajstić information content (AvgIpc) is 3.46. The van der Waals surface area contributed by atoms with Crippen molar-refractivity contribution in [3.8, 4) is 0 Å². The van der Waals surface area contributed by atoms with E-state index in [1.54, 1.807) is 45.3 Å². The molecule has 0 bridgehead atoms. The standard InChI is InChI=1S/C20H12B2OS4/c1-2-18-14(6-10-25-18)21(13-5-9-24-17(1)13)23-22-15-7-11-26-19(15)3-4-20-16(22)8-12-27-20/h1-12H. The first-order valence-corrected chi connectivity index (χ1v) is 12.2. The SMILES string of the molecule is C1=Cc2sccc2B(OB2c3ccsc3C=Cc3sccc32)c2ccsc21. The summed E-state index contributed by atoms with van der Waals surface area (Å²) in [6, 6.07) is 8.89. The summed E-state index contributed by atoms with van der Waals surface area (Å²) >= 11 is 7.15. The minimum atomic E-state index is -0.0499. The first-order chi connectivity index (χ1) is 13.4. The van der Waals surface area contributed by atoms with Gasteiger partial charge in [-0.1, -0.05) is 24.3 Å². The number of thiophene rings is 4. The van der Waals surface area contributed by atoms with Gasteiger partial charge >= 0.3 is 13.8 Å². The maximum Gasteiger partial charge on any atom is 0.349 e. The van der Waals surface area contributed by atoms with Gasteiger partial charge in [0.2, 0.25) is 0 Å². The predicted octanol–water partition coefficient (Wildman–Crippen LogP) is 3.83. The molecule has 6 heterocycles. The van der Waals surface area contributed by atoms with Crippen molar-refractivity contribution in [2.75, 3.05) is 0 Å². The third-order valence-electron chi connectivity index (χ3n) is 5.08. The van der Waals surface area contributed by atoms with Crippen LogP contribution < -0.4 is 21.9 Å². The Bertz CT molecular complexity index is 1010. The topological polar surface area (TPSA) is 9.23 Å². The zero-order valence-corrected chi connectivity index (χ0v) is 17.4. The van der Waals surface area contributed by atoms with E-state index in [9.17, 15) is 0 Å². The van der Waals surface area contributed by atoms with Crippen molar-refractivity contribution in [3.05, 3.63) is 65.3 Å². The van der Waals surface area contributed by atoms with E-state index in [4.69, 9.17) is 4.57 Å². The van der Waals surface area contributed by atoms with Gasteiger partial charge in [-0.15, -0.1) is 45.3 Å². The Morgan fingerprint density at radius 2 is 0.778 bits per heavy atom. The molecule has 27 heavy (non-hydrogen) atoms. The highest BCUT2D eigenvalue weighted by Crippen LogP contribution is 2.23. The lowest BCUT2D eigenvalue weighted by Crippen LogP contribution is -2.56. The van der Waals surface area contributed by atoms with Crippen LogP contribution in [0.3, 0.4) is 0 Å². The number of rotatable bonds is 2.